The highest BCUT2D eigenvalue weighted by Gasteiger charge is 2.30. The normalized spacial score (nSPS) is 11.1. The molecule has 0 radical (unpaired) electrons. The lowest BCUT2D eigenvalue weighted by Gasteiger charge is -2.17. The van der Waals surface area contributed by atoms with Gasteiger partial charge in [-0.1, -0.05) is 54.6 Å². The summed E-state index contributed by atoms with van der Waals surface area (Å²) >= 11 is 0. The van der Waals surface area contributed by atoms with Crippen LogP contribution in [-0.2, 0) is 30.6 Å². The number of methoxy groups -OCH3 is 2. The number of sulfone groups is 1. The summed E-state index contributed by atoms with van der Waals surface area (Å²) in [4.78, 5) is -1.11. The van der Waals surface area contributed by atoms with Crippen LogP contribution < -0.4 is 37.9 Å². The highest BCUT2D eigenvalue weighted by molar-refractivity contribution is 7.91. The van der Waals surface area contributed by atoms with Crippen LogP contribution in [0.5, 0.6) is 80.5 Å². The van der Waals surface area contributed by atoms with E-state index in [1.807, 2.05) is 91.8 Å². The fourth-order valence-electron chi connectivity index (χ4n) is 13.2. The Hall–Kier alpha value is -13.3. The lowest BCUT2D eigenvalue weighted by molar-refractivity contribution is 0.362. The summed E-state index contributed by atoms with van der Waals surface area (Å²) in [5, 5.41) is 10.0. The first-order valence-corrected chi connectivity index (χ1v) is 39.8. The minimum absolute atomic E-state index is 0.0541. The van der Waals surface area contributed by atoms with Crippen molar-refractivity contribution in [3.05, 3.63) is 314 Å². The van der Waals surface area contributed by atoms with Crippen LogP contribution >= 0.6 is 0 Å². The van der Waals surface area contributed by atoms with E-state index in [-0.39, 0.29) is 44.1 Å². The summed E-state index contributed by atoms with van der Waals surface area (Å²) in [6.07, 6.45) is 0. The van der Waals surface area contributed by atoms with Crippen molar-refractivity contribution < 1.29 is 107 Å². The molecule has 1 N–H and O–H groups in total. The molecule has 13 aromatic carbocycles. The molecular formula is C91H71F8NO16S3. The third-order valence-electron chi connectivity index (χ3n) is 18.9. The summed E-state index contributed by atoms with van der Waals surface area (Å²) < 4.78 is 247. The zero-order valence-electron chi connectivity index (χ0n) is 65.4. The van der Waals surface area contributed by atoms with Crippen LogP contribution in [0.4, 0.5) is 35.1 Å². The topological polar surface area (TPSA) is 237 Å². The number of rotatable bonds is 21. The summed E-state index contributed by atoms with van der Waals surface area (Å²) in [6.45, 7) is 17.4. The minimum Gasteiger partial charge on any atom is -0.496 e. The minimum atomic E-state index is -4.92. The number of aryl methyl sites for hydroxylation is 8. The van der Waals surface area contributed by atoms with Gasteiger partial charge < -0.3 is 37.9 Å². The van der Waals surface area contributed by atoms with Crippen molar-refractivity contribution in [3.63, 3.8) is 0 Å². The van der Waals surface area contributed by atoms with Crippen molar-refractivity contribution in [2.24, 2.45) is 0 Å². The number of nitrogens with zero attached hydrogens (tertiary/aromatic N) is 1. The molecule has 0 spiro atoms. The summed E-state index contributed by atoms with van der Waals surface area (Å²) in [7, 11) is -8.96. The molecule has 0 aliphatic rings. The molecule has 0 amide bonds. The standard InChI is InChI=1S/C46H46O9S2.C45H25F8NO4.O3S/c1-26-17-34(18-27(2)43(26)52-9)36-21-30(5)45(31(6)22-36)54-38-11-13-39(14-12-38)56(47,48)40-15-16-41(42(25-40)57(49,50)51)55-46-32(7)23-37(24-33(46)8)35-19-28(3)44(53-10)29(4)20-35;1-23-36(46)40(50)44(41(51)37(23)47)57-31-18-10-27(11-19-31)25-6-14-29(15-7-25)55-34-4-3-5-35(33(34)22-54)56-30-16-8-26(9-17-30)28-12-20-32(21-13-28)58-45-42(52)38(48)24(2)39(49)43(45)53;1-4(2)3/h11-25H,1-10H3,(H,49,50,51);3-21H,1-2H3;. The van der Waals surface area contributed by atoms with Crippen molar-refractivity contribution in [1.82, 2.24) is 0 Å². The van der Waals surface area contributed by atoms with E-state index in [0.29, 0.717) is 51.0 Å². The maximum absolute atomic E-state index is 14.3. The van der Waals surface area contributed by atoms with Crippen LogP contribution in [0.25, 0.3) is 44.5 Å². The van der Waals surface area contributed by atoms with Crippen LogP contribution in [0.1, 0.15) is 61.2 Å². The highest BCUT2D eigenvalue weighted by Crippen LogP contribution is 2.44. The van der Waals surface area contributed by atoms with Crippen LogP contribution in [0.15, 0.2) is 221 Å². The van der Waals surface area contributed by atoms with Crippen molar-refractivity contribution in [1.29, 1.82) is 5.26 Å². The number of ether oxygens (including phenoxy) is 8. The molecule has 0 unspecified atom stereocenters. The highest BCUT2D eigenvalue weighted by atomic mass is 32.2. The summed E-state index contributed by atoms with van der Waals surface area (Å²) in [5.74, 6) is -11.1. The number of halogens is 8. The first-order chi connectivity index (χ1) is 56.4. The van der Waals surface area contributed by atoms with Crippen LogP contribution in [-0.4, -0.2) is 48.2 Å². The lowest BCUT2D eigenvalue weighted by atomic mass is 9.96. The molecule has 0 atom stereocenters. The Bertz CT molecular complexity index is 6200. The molecule has 610 valence electrons. The SMILES string of the molecule is COc1c(C)cc(-c2cc(C)c(Oc3ccc(S(=O)(=O)c4ccc(Oc5c(C)cc(-c6cc(C)c(OC)c(C)c6)cc5C)c(S(=O)(=O)O)c4)cc3)c(C)c2)cc1C.Cc1c(F)c(F)c(Oc2ccc(-c3ccc(Oc4cccc(Oc5ccc(-c6ccc(Oc7c(F)c(F)c(C)c(F)c7F)cc6)cc5)c4C#N)cc3)cc2)c(F)c1F.O=S(=O)=O. The van der Waals surface area contributed by atoms with Gasteiger partial charge in [-0.2, -0.15) is 31.2 Å². The van der Waals surface area contributed by atoms with Gasteiger partial charge in [-0.05, 0) is 310 Å². The molecule has 0 saturated heterocycles. The van der Waals surface area contributed by atoms with Gasteiger partial charge in [0, 0.05) is 11.1 Å². The predicted molar refractivity (Wildman–Crippen MR) is 430 cm³/mol. The van der Waals surface area contributed by atoms with E-state index < -0.39 is 105 Å². The largest absolute Gasteiger partial charge is 0.496 e. The van der Waals surface area contributed by atoms with E-state index in [9.17, 15) is 61.8 Å². The van der Waals surface area contributed by atoms with Gasteiger partial charge in [0.1, 0.15) is 85.5 Å². The van der Waals surface area contributed by atoms with Gasteiger partial charge in [0.15, 0.2) is 23.3 Å². The van der Waals surface area contributed by atoms with E-state index in [0.717, 1.165) is 98.2 Å². The van der Waals surface area contributed by atoms with Crippen molar-refractivity contribution >= 4 is 30.6 Å². The summed E-state index contributed by atoms with van der Waals surface area (Å²) in [6, 6.07) is 57.8. The Kier molecular flexibility index (Phi) is 26.2. The second kappa shape index (κ2) is 36.0. The van der Waals surface area contributed by atoms with E-state index in [1.54, 1.807) is 117 Å². The van der Waals surface area contributed by atoms with Gasteiger partial charge in [0.25, 0.3) is 10.1 Å². The third kappa shape index (κ3) is 19.2. The molecule has 0 saturated carbocycles. The number of nitriles is 1. The monoisotopic (exact) mass is 1680 g/mol. The van der Waals surface area contributed by atoms with E-state index >= 15 is 0 Å². The average molecular weight is 1680 g/mol. The Balaban J connectivity index is 0.000000223. The fourth-order valence-corrected chi connectivity index (χ4v) is 15.2. The first-order valence-electron chi connectivity index (χ1n) is 35.8. The Morgan fingerprint density at radius 1 is 0.311 bits per heavy atom. The molecule has 0 fully saturated rings. The second-order valence-electron chi connectivity index (χ2n) is 27.3. The maximum Gasteiger partial charge on any atom is 0.425 e. The maximum atomic E-state index is 14.3. The molecule has 13 aromatic rings. The zero-order valence-corrected chi connectivity index (χ0v) is 67.8. The third-order valence-corrected chi connectivity index (χ3v) is 21.6. The Morgan fingerprint density at radius 2 is 0.571 bits per heavy atom. The van der Waals surface area contributed by atoms with Gasteiger partial charge >= 0.3 is 10.6 Å². The summed E-state index contributed by atoms with van der Waals surface area (Å²) in [5.41, 5.74) is 12.6. The molecule has 119 heavy (non-hydrogen) atoms. The zero-order chi connectivity index (χ0) is 86.4. The Labute approximate surface area is 682 Å². The molecule has 28 heteroatoms. The van der Waals surface area contributed by atoms with Gasteiger partial charge in [-0.15, -0.1) is 12.6 Å². The fraction of sp³-hybridized carbons (Fsp3) is 0.132. The van der Waals surface area contributed by atoms with Gasteiger partial charge in [0.2, 0.25) is 44.6 Å². The van der Waals surface area contributed by atoms with Crippen molar-refractivity contribution in [3.8, 4) is 131 Å². The van der Waals surface area contributed by atoms with E-state index in [4.69, 9.17) is 50.5 Å². The van der Waals surface area contributed by atoms with Crippen molar-refractivity contribution in [2.45, 2.75) is 83.9 Å². The van der Waals surface area contributed by atoms with Crippen LogP contribution in [0.2, 0.25) is 0 Å². The molecular weight excluding hydrogens is 1610 g/mol. The predicted octanol–water partition coefficient (Wildman–Crippen LogP) is 24.0. The molecule has 17 nitrogen and oxygen atoms in total. The van der Waals surface area contributed by atoms with Gasteiger partial charge in [0.05, 0.1) is 24.0 Å². The van der Waals surface area contributed by atoms with Crippen molar-refractivity contribution in [2.75, 3.05) is 14.2 Å². The number of benzene rings is 13. The molecule has 0 aliphatic heterocycles. The van der Waals surface area contributed by atoms with Gasteiger partial charge in [-0.3, -0.25) is 4.55 Å². The molecule has 0 bridgehead atoms. The quantitative estimate of drug-likeness (QED) is 0.0400. The smallest absolute Gasteiger partial charge is 0.425 e. The van der Waals surface area contributed by atoms with Crippen LogP contribution in [0, 0.1) is 127 Å². The van der Waals surface area contributed by atoms with E-state index in [2.05, 4.69) is 18.2 Å². The molecule has 0 heterocycles. The van der Waals surface area contributed by atoms with E-state index in [1.165, 1.54) is 48.5 Å². The molecule has 0 aromatic heterocycles. The number of hydrogen-bond donors (Lipinski definition) is 1. The second-order valence-corrected chi connectivity index (χ2v) is 31.0. The molecule has 0 aliphatic carbocycles. The Morgan fingerprint density at radius 3 is 0.857 bits per heavy atom. The van der Waals surface area contributed by atoms with Gasteiger partial charge in [-0.25, -0.2) is 26.0 Å². The first kappa shape index (κ1) is 86.5. The molecule has 13 rings (SSSR count). The average Bonchev–Trinajstić information content (AvgIpc) is 0.788. The van der Waals surface area contributed by atoms with Crippen LogP contribution in [0.3, 0.4) is 0 Å². The number of hydrogen-bond acceptors (Lipinski definition) is 16. The lowest BCUT2D eigenvalue weighted by Crippen LogP contribution is -2.07.